The Bertz CT molecular complexity index is 1080. The second kappa shape index (κ2) is 7.90. The molecule has 0 saturated heterocycles. The Morgan fingerprint density at radius 3 is 2.37 bits per heavy atom. The smallest absolute Gasteiger partial charge is 0.238 e. The van der Waals surface area contributed by atoms with Gasteiger partial charge in [0.2, 0.25) is 5.91 Å². The van der Waals surface area contributed by atoms with Gasteiger partial charge < -0.3 is 5.32 Å². The third-order valence-electron chi connectivity index (χ3n) is 4.24. The van der Waals surface area contributed by atoms with Crippen LogP contribution in [0.3, 0.4) is 0 Å². The Morgan fingerprint density at radius 2 is 1.63 bits per heavy atom. The van der Waals surface area contributed by atoms with Crippen LogP contribution in [0.25, 0.3) is 10.8 Å². The molecule has 0 unspecified atom stereocenters. The molecule has 0 heterocycles. The maximum Gasteiger partial charge on any atom is 0.238 e. The number of nitrogens with zero attached hydrogens (tertiary/aromatic N) is 1. The lowest BCUT2D eigenvalue weighted by molar-refractivity contribution is -0.117. The summed E-state index contributed by atoms with van der Waals surface area (Å²) in [5.41, 5.74) is 1.42. The predicted molar refractivity (Wildman–Crippen MR) is 108 cm³/mol. The largest absolute Gasteiger partial charge is 0.324 e. The van der Waals surface area contributed by atoms with Gasteiger partial charge in [-0.05, 0) is 41.6 Å². The number of hydrogen-bond acceptors (Lipinski definition) is 4. The molecule has 0 aliphatic heterocycles. The number of nitrogens with one attached hydrogen (secondary N) is 1. The van der Waals surface area contributed by atoms with Crippen molar-refractivity contribution in [2.75, 3.05) is 25.2 Å². The number of fused-ring (bicyclic) bond motifs is 1. The van der Waals surface area contributed by atoms with Crippen LogP contribution in [0.15, 0.2) is 71.6 Å². The molecule has 0 atom stereocenters. The molecular formula is C21H22N2O3S. The van der Waals surface area contributed by atoms with E-state index in [0.29, 0.717) is 12.2 Å². The first kappa shape index (κ1) is 19.1. The van der Waals surface area contributed by atoms with Crippen LogP contribution in [-0.4, -0.2) is 39.1 Å². The fourth-order valence-corrected chi connectivity index (χ4v) is 3.88. The molecule has 140 valence electrons. The Morgan fingerprint density at radius 1 is 0.963 bits per heavy atom. The van der Waals surface area contributed by atoms with Crippen LogP contribution < -0.4 is 5.32 Å². The summed E-state index contributed by atoms with van der Waals surface area (Å²) >= 11 is 0. The first-order chi connectivity index (χ1) is 12.8. The van der Waals surface area contributed by atoms with E-state index in [4.69, 9.17) is 0 Å². The Labute approximate surface area is 159 Å². The van der Waals surface area contributed by atoms with Gasteiger partial charge in [-0.1, -0.05) is 48.5 Å². The van der Waals surface area contributed by atoms with E-state index < -0.39 is 9.84 Å². The van der Waals surface area contributed by atoms with Crippen molar-refractivity contribution in [3.05, 3.63) is 72.3 Å². The number of carbonyl (C=O) groups excluding carboxylic acids is 1. The summed E-state index contributed by atoms with van der Waals surface area (Å²) in [5, 5.41) is 5.05. The lowest BCUT2D eigenvalue weighted by atomic mass is 10.1. The fourth-order valence-electron chi connectivity index (χ4n) is 3.03. The molecule has 0 radical (unpaired) electrons. The molecule has 3 aromatic carbocycles. The van der Waals surface area contributed by atoms with Gasteiger partial charge in [0.25, 0.3) is 0 Å². The molecule has 0 bridgehead atoms. The molecule has 0 aromatic heterocycles. The van der Waals surface area contributed by atoms with Crippen LogP contribution in [0.2, 0.25) is 0 Å². The highest BCUT2D eigenvalue weighted by Crippen LogP contribution is 2.20. The van der Waals surface area contributed by atoms with Gasteiger partial charge in [-0.15, -0.1) is 0 Å². The number of rotatable bonds is 6. The fraction of sp³-hybridized carbons (Fsp3) is 0.190. The number of amides is 1. The first-order valence-corrected chi connectivity index (χ1v) is 10.5. The second-order valence-electron chi connectivity index (χ2n) is 6.67. The van der Waals surface area contributed by atoms with E-state index in [1.807, 2.05) is 24.1 Å². The van der Waals surface area contributed by atoms with Crippen LogP contribution in [0.1, 0.15) is 5.56 Å². The van der Waals surface area contributed by atoms with E-state index in [-0.39, 0.29) is 17.3 Å². The summed E-state index contributed by atoms with van der Waals surface area (Å²) in [7, 11) is -1.55. The van der Waals surface area contributed by atoms with Gasteiger partial charge >= 0.3 is 0 Å². The van der Waals surface area contributed by atoms with Gasteiger partial charge in [0, 0.05) is 12.8 Å². The highest BCUT2D eigenvalue weighted by molar-refractivity contribution is 7.90. The minimum atomic E-state index is -3.41. The summed E-state index contributed by atoms with van der Waals surface area (Å²) in [4.78, 5) is 14.4. The molecule has 1 amide bonds. The maximum atomic E-state index is 12.4. The number of hydrogen-bond donors (Lipinski definition) is 1. The minimum absolute atomic E-state index is 0.121. The van der Waals surface area contributed by atoms with Crippen molar-refractivity contribution in [1.82, 2.24) is 4.90 Å². The van der Waals surface area contributed by atoms with E-state index in [9.17, 15) is 13.2 Å². The molecule has 6 heteroatoms. The number of para-hydroxylation sites is 1. The summed E-state index contributed by atoms with van der Waals surface area (Å²) in [5.74, 6) is -0.255. The van der Waals surface area contributed by atoms with Crippen molar-refractivity contribution < 1.29 is 13.2 Å². The summed E-state index contributed by atoms with van der Waals surface area (Å²) in [6, 6.07) is 20.8. The zero-order valence-electron chi connectivity index (χ0n) is 15.3. The van der Waals surface area contributed by atoms with Crippen LogP contribution in [0.5, 0.6) is 0 Å². The van der Waals surface area contributed by atoms with Gasteiger partial charge in [-0.2, -0.15) is 0 Å². The zero-order chi connectivity index (χ0) is 19.4. The van der Waals surface area contributed by atoms with Crippen molar-refractivity contribution in [2.45, 2.75) is 11.4 Å². The van der Waals surface area contributed by atoms with Crippen LogP contribution in [0, 0.1) is 0 Å². The van der Waals surface area contributed by atoms with Crippen molar-refractivity contribution in [3.8, 4) is 0 Å². The Kier molecular flexibility index (Phi) is 5.58. The summed E-state index contributed by atoms with van der Waals surface area (Å²) in [6.07, 6.45) is 1.13. The molecule has 0 saturated carbocycles. The topological polar surface area (TPSA) is 66.5 Å². The molecule has 27 heavy (non-hydrogen) atoms. The average Bonchev–Trinajstić information content (AvgIpc) is 2.61. The molecule has 1 N–H and O–H groups in total. The Hall–Kier alpha value is -2.70. The highest BCUT2D eigenvalue weighted by Gasteiger charge is 2.15. The second-order valence-corrected chi connectivity index (χ2v) is 8.65. The molecule has 3 rings (SSSR count). The summed E-state index contributed by atoms with van der Waals surface area (Å²) < 4.78 is 23.7. The molecule has 0 aliphatic carbocycles. The van der Waals surface area contributed by atoms with E-state index in [1.54, 1.807) is 18.2 Å². The van der Waals surface area contributed by atoms with Gasteiger partial charge in [0.1, 0.15) is 0 Å². The number of benzene rings is 3. The van der Waals surface area contributed by atoms with Crippen LogP contribution >= 0.6 is 0 Å². The van der Waals surface area contributed by atoms with Crippen molar-refractivity contribution in [3.63, 3.8) is 0 Å². The number of anilines is 1. The molecule has 0 spiro atoms. The van der Waals surface area contributed by atoms with E-state index in [0.717, 1.165) is 17.2 Å². The van der Waals surface area contributed by atoms with Gasteiger partial charge in [0.15, 0.2) is 9.84 Å². The minimum Gasteiger partial charge on any atom is -0.324 e. The quantitative estimate of drug-likeness (QED) is 0.710. The average molecular weight is 382 g/mol. The van der Waals surface area contributed by atoms with Gasteiger partial charge in [-0.25, -0.2) is 8.42 Å². The van der Waals surface area contributed by atoms with Crippen LogP contribution in [-0.2, 0) is 21.2 Å². The number of sulfone groups is 1. The first-order valence-electron chi connectivity index (χ1n) is 8.58. The van der Waals surface area contributed by atoms with Crippen molar-refractivity contribution >= 4 is 32.2 Å². The Balaban J connectivity index is 1.65. The maximum absolute atomic E-state index is 12.4. The lowest BCUT2D eigenvalue weighted by Gasteiger charge is -2.17. The lowest BCUT2D eigenvalue weighted by Crippen LogP contribution is -2.30. The monoisotopic (exact) mass is 382 g/mol. The van der Waals surface area contributed by atoms with Gasteiger partial charge in [0.05, 0.1) is 17.1 Å². The number of likely N-dealkylation sites (N-methyl/N-ethyl adjacent to an activating group) is 1. The van der Waals surface area contributed by atoms with Crippen molar-refractivity contribution in [1.29, 1.82) is 0 Å². The highest BCUT2D eigenvalue weighted by atomic mass is 32.2. The van der Waals surface area contributed by atoms with Crippen molar-refractivity contribution in [2.24, 2.45) is 0 Å². The third kappa shape index (κ3) is 4.93. The summed E-state index contributed by atoms with van der Waals surface area (Å²) in [6.45, 7) is 0.775. The zero-order valence-corrected chi connectivity index (χ0v) is 16.2. The normalized spacial score (nSPS) is 11.7. The van der Waals surface area contributed by atoms with E-state index >= 15 is 0 Å². The van der Waals surface area contributed by atoms with E-state index in [1.165, 1.54) is 11.5 Å². The molecule has 0 aliphatic rings. The van der Waals surface area contributed by atoms with Crippen LogP contribution in [0.4, 0.5) is 5.69 Å². The SMILES string of the molecule is CN(CC(=O)Nc1ccccc1S(C)(=O)=O)Cc1ccc2ccccc2c1. The predicted octanol–water partition coefficient (Wildman–Crippen LogP) is 3.31. The molecule has 3 aromatic rings. The molecular weight excluding hydrogens is 360 g/mol. The molecule has 0 fully saturated rings. The van der Waals surface area contributed by atoms with E-state index in [2.05, 4.69) is 35.6 Å². The van der Waals surface area contributed by atoms with Gasteiger partial charge in [-0.3, -0.25) is 9.69 Å². The molecule has 5 nitrogen and oxygen atoms in total. The third-order valence-corrected chi connectivity index (χ3v) is 5.40. The standard InChI is InChI=1S/C21H22N2O3S/c1-23(14-16-11-12-17-7-3-4-8-18(17)13-16)15-21(24)22-19-9-5-6-10-20(19)27(2,25)26/h3-13H,14-15H2,1-2H3,(H,22,24). The number of carbonyl (C=O) groups is 1.